The third-order valence-corrected chi connectivity index (χ3v) is 2.26. The van der Waals surface area contributed by atoms with E-state index in [1.54, 1.807) is 0 Å². The van der Waals surface area contributed by atoms with Crippen LogP contribution < -0.4 is 5.48 Å². The van der Waals surface area contributed by atoms with Crippen molar-refractivity contribution in [3.63, 3.8) is 0 Å². The van der Waals surface area contributed by atoms with E-state index in [0.29, 0.717) is 5.69 Å². The summed E-state index contributed by atoms with van der Waals surface area (Å²) in [6.45, 7) is 1.51. The molecule has 0 aliphatic carbocycles. The van der Waals surface area contributed by atoms with Crippen molar-refractivity contribution in [2.45, 2.75) is 6.92 Å². The molecule has 0 bridgehead atoms. The molecule has 0 spiro atoms. The fourth-order valence-electron chi connectivity index (χ4n) is 0.726. The van der Waals surface area contributed by atoms with Gasteiger partial charge < -0.3 is 15.1 Å². The van der Waals surface area contributed by atoms with E-state index >= 15 is 0 Å². The third kappa shape index (κ3) is 2.33. The highest BCUT2D eigenvalue weighted by Gasteiger charge is 2.14. The molecule has 8 heteroatoms. The minimum absolute atomic E-state index is 0.0430. The number of carboxylic acids is 1. The summed E-state index contributed by atoms with van der Waals surface area (Å²) >= 11 is 0.799. The van der Waals surface area contributed by atoms with Crippen molar-refractivity contribution in [2.75, 3.05) is 5.48 Å². The molecule has 0 atom stereocenters. The lowest BCUT2D eigenvalue weighted by atomic mass is 10.4. The Morgan fingerprint density at radius 2 is 2.14 bits per heavy atom. The number of nitrogens with one attached hydrogen (secondary N) is 1. The van der Waals surface area contributed by atoms with Crippen LogP contribution in [0.25, 0.3) is 0 Å². The number of carbonyl (C=O) groups is 2. The normalized spacial score (nSPS) is 9.50. The largest absolute Gasteiger partial charge is 0.530 e. The van der Waals surface area contributed by atoms with E-state index in [-0.39, 0.29) is 10.0 Å². The molecule has 0 amide bonds. The molecule has 0 saturated carbocycles. The Morgan fingerprint density at radius 1 is 1.50 bits per heavy atom. The van der Waals surface area contributed by atoms with E-state index in [1.807, 2.05) is 5.48 Å². The topological polar surface area (TPSA) is 109 Å². The second kappa shape index (κ2) is 3.92. The van der Waals surface area contributed by atoms with Gasteiger partial charge in [-0.05, 0) is 6.92 Å². The van der Waals surface area contributed by atoms with Crippen molar-refractivity contribution >= 4 is 28.6 Å². The number of aromatic nitrogens is 1. The number of anilines is 1. The minimum Gasteiger partial charge on any atom is -0.477 e. The van der Waals surface area contributed by atoms with Crippen LogP contribution in [0.3, 0.4) is 0 Å². The molecule has 1 aromatic rings. The van der Waals surface area contributed by atoms with Crippen LogP contribution in [-0.2, 0) is 4.84 Å². The number of aryl methyl sites for hydroxylation is 1. The van der Waals surface area contributed by atoms with Crippen molar-refractivity contribution in [1.29, 1.82) is 0 Å². The summed E-state index contributed by atoms with van der Waals surface area (Å²) in [6, 6.07) is 0. The number of thiazole rings is 1. The number of aromatic carboxylic acids is 1. The summed E-state index contributed by atoms with van der Waals surface area (Å²) in [6.07, 6.45) is -1.52. The number of carboxylic acid groups (broad SMARTS) is 2. The molecular weight excluding hydrogens is 212 g/mol. The van der Waals surface area contributed by atoms with Crippen molar-refractivity contribution in [3.05, 3.63) is 10.6 Å². The maximum absolute atomic E-state index is 10.6. The van der Waals surface area contributed by atoms with E-state index in [2.05, 4.69) is 9.82 Å². The first-order valence-electron chi connectivity index (χ1n) is 3.37. The number of nitrogens with zero attached hydrogens (tertiary/aromatic N) is 1. The highest BCUT2D eigenvalue weighted by atomic mass is 32.1. The Morgan fingerprint density at radius 3 is 2.57 bits per heavy atom. The summed E-state index contributed by atoms with van der Waals surface area (Å²) < 4.78 is 0. The Bertz CT molecular complexity index is 374. The average Bonchev–Trinajstić information content (AvgIpc) is 2.43. The van der Waals surface area contributed by atoms with Crippen LogP contribution in [-0.4, -0.2) is 27.3 Å². The molecule has 3 N–H and O–H groups in total. The molecule has 1 heterocycles. The van der Waals surface area contributed by atoms with Gasteiger partial charge in [-0.15, -0.1) is 0 Å². The molecule has 7 nitrogen and oxygen atoms in total. The molecular formula is C6H6N2O5S. The molecule has 0 radical (unpaired) electrons. The second-order valence-electron chi connectivity index (χ2n) is 2.21. The maximum Gasteiger partial charge on any atom is 0.530 e. The lowest BCUT2D eigenvalue weighted by Gasteiger charge is -1.96. The zero-order valence-corrected chi connectivity index (χ0v) is 7.79. The highest BCUT2D eigenvalue weighted by Crippen LogP contribution is 2.22. The van der Waals surface area contributed by atoms with E-state index < -0.39 is 12.1 Å². The van der Waals surface area contributed by atoms with Gasteiger partial charge in [0.25, 0.3) is 0 Å². The standard InChI is InChI=1S/C6H6N2O5S/c1-2-3(4(9)10)14-5(7-2)8-13-6(11)12/h1H3,(H,7,8)(H,9,10)(H,11,12). The number of hydrogen-bond donors (Lipinski definition) is 3. The van der Waals surface area contributed by atoms with E-state index in [0.717, 1.165) is 11.3 Å². The van der Waals surface area contributed by atoms with Crippen LogP contribution in [0.1, 0.15) is 15.4 Å². The summed E-state index contributed by atoms with van der Waals surface area (Å²) in [4.78, 5) is 28.3. The van der Waals surface area contributed by atoms with Crippen LogP contribution in [0.15, 0.2) is 0 Å². The molecule has 1 rings (SSSR count). The first-order valence-corrected chi connectivity index (χ1v) is 4.19. The lowest BCUT2D eigenvalue weighted by molar-refractivity contribution is 0.0701. The first-order chi connectivity index (χ1) is 6.50. The van der Waals surface area contributed by atoms with Gasteiger partial charge in [0.1, 0.15) is 4.88 Å². The van der Waals surface area contributed by atoms with Crippen LogP contribution in [0.2, 0.25) is 0 Å². The highest BCUT2D eigenvalue weighted by molar-refractivity contribution is 7.17. The Kier molecular flexibility index (Phi) is 2.87. The number of rotatable bonds is 3. The monoisotopic (exact) mass is 218 g/mol. The van der Waals surface area contributed by atoms with Crippen molar-refractivity contribution in [3.8, 4) is 0 Å². The Hall–Kier alpha value is -1.83. The molecule has 0 aromatic carbocycles. The van der Waals surface area contributed by atoms with Gasteiger partial charge in [0.15, 0.2) is 0 Å². The van der Waals surface area contributed by atoms with Crippen molar-refractivity contribution < 1.29 is 24.6 Å². The quantitative estimate of drug-likeness (QED) is 0.653. The average molecular weight is 218 g/mol. The van der Waals surface area contributed by atoms with Gasteiger partial charge >= 0.3 is 12.1 Å². The molecule has 0 unspecified atom stereocenters. The SMILES string of the molecule is Cc1nc(NOC(=O)O)sc1C(=O)O. The van der Waals surface area contributed by atoms with E-state index in [4.69, 9.17) is 10.2 Å². The fourth-order valence-corrected chi connectivity index (χ4v) is 1.47. The van der Waals surface area contributed by atoms with Gasteiger partial charge in [-0.3, -0.25) is 0 Å². The van der Waals surface area contributed by atoms with Crippen LogP contribution in [0, 0.1) is 6.92 Å². The summed E-state index contributed by atoms with van der Waals surface area (Å²) in [7, 11) is 0. The van der Waals surface area contributed by atoms with Crippen molar-refractivity contribution in [1.82, 2.24) is 4.98 Å². The lowest BCUT2D eigenvalue weighted by Crippen LogP contribution is -2.06. The van der Waals surface area contributed by atoms with Crippen LogP contribution >= 0.6 is 11.3 Å². The smallest absolute Gasteiger partial charge is 0.477 e. The molecule has 76 valence electrons. The van der Waals surface area contributed by atoms with Crippen LogP contribution in [0.4, 0.5) is 9.93 Å². The third-order valence-electron chi connectivity index (χ3n) is 1.22. The maximum atomic E-state index is 10.6. The molecule has 14 heavy (non-hydrogen) atoms. The predicted octanol–water partition coefficient (Wildman–Crippen LogP) is 1.17. The van der Waals surface area contributed by atoms with Gasteiger partial charge in [0.05, 0.1) is 5.69 Å². The fraction of sp³-hybridized carbons (Fsp3) is 0.167. The molecule has 0 aliphatic heterocycles. The van der Waals surface area contributed by atoms with Crippen LogP contribution in [0.5, 0.6) is 0 Å². The zero-order chi connectivity index (χ0) is 10.7. The Labute approximate surface area is 81.9 Å². The second-order valence-corrected chi connectivity index (χ2v) is 3.21. The van der Waals surface area contributed by atoms with Gasteiger partial charge in [-0.1, -0.05) is 11.3 Å². The van der Waals surface area contributed by atoms with E-state index in [1.165, 1.54) is 6.92 Å². The van der Waals surface area contributed by atoms with Gasteiger partial charge in [0, 0.05) is 0 Å². The molecule has 0 saturated heterocycles. The molecule has 0 fully saturated rings. The summed E-state index contributed by atoms with van der Waals surface area (Å²) in [5.74, 6) is -1.11. The predicted molar refractivity (Wildman–Crippen MR) is 46.5 cm³/mol. The van der Waals surface area contributed by atoms with Crippen molar-refractivity contribution in [2.24, 2.45) is 0 Å². The van der Waals surface area contributed by atoms with Gasteiger partial charge in [0.2, 0.25) is 5.13 Å². The molecule has 1 aromatic heterocycles. The zero-order valence-electron chi connectivity index (χ0n) is 6.97. The minimum atomic E-state index is -1.52. The van der Waals surface area contributed by atoms with Gasteiger partial charge in [-0.2, -0.15) is 5.48 Å². The summed E-state index contributed by atoms with van der Waals surface area (Å²) in [5.41, 5.74) is 2.31. The molecule has 0 aliphatic rings. The Balaban J connectivity index is 2.76. The summed E-state index contributed by atoms with van der Waals surface area (Å²) in [5, 5.41) is 16.9. The van der Waals surface area contributed by atoms with E-state index in [9.17, 15) is 9.59 Å². The first kappa shape index (κ1) is 10.3. The number of hydrogen-bond acceptors (Lipinski definition) is 6. The van der Waals surface area contributed by atoms with Gasteiger partial charge in [-0.25, -0.2) is 14.6 Å².